The van der Waals surface area contributed by atoms with Crippen LogP contribution in [0.2, 0.25) is 0 Å². The molecule has 0 fully saturated rings. The highest BCUT2D eigenvalue weighted by Gasteiger charge is 2.58. The topological polar surface area (TPSA) is 9.23 Å². The zero-order valence-corrected chi connectivity index (χ0v) is 6.19. The first-order valence-electron chi connectivity index (χ1n) is 2.29. The van der Waals surface area contributed by atoms with Gasteiger partial charge < -0.3 is 0 Å². The molecule has 1 nitrogen and oxygen atoms in total. The molecule has 1 rings (SSSR count). The summed E-state index contributed by atoms with van der Waals surface area (Å²) in [6, 6.07) is 0. The first kappa shape index (κ1) is 9.09. The molecule has 64 valence electrons. The van der Waals surface area contributed by atoms with Gasteiger partial charge in [0.25, 0.3) is 0 Å². The van der Waals surface area contributed by atoms with Gasteiger partial charge in [0.2, 0.25) is 0 Å². The number of hydrogen-bond donors (Lipinski definition) is 0. The number of ether oxygens (including phenoxy) is 1. The maximum atomic E-state index is 12.1. The second-order valence-electron chi connectivity index (χ2n) is 1.76. The maximum Gasteiger partial charge on any atom is 0.400 e. The Morgan fingerprint density at radius 2 is 1.18 bits per heavy atom. The fourth-order valence-corrected chi connectivity index (χ4v) is 0.803. The number of halogens is 6. The van der Waals surface area contributed by atoms with E-state index in [1.165, 1.54) is 0 Å². The summed E-state index contributed by atoms with van der Waals surface area (Å²) >= 11 is 9.46. The van der Waals surface area contributed by atoms with Gasteiger partial charge in [-0.05, 0) is 0 Å². The van der Waals surface area contributed by atoms with Crippen molar-refractivity contribution < 1.29 is 22.3 Å². The van der Waals surface area contributed by atoms with Gasteiger partial charge in [-0.3, -0.25) is 0 Å². The summed E-state index contributed by atoms with van der Waals surface area (Å²) in [6.07, 6.45) is -8.36. The normalized spacial score (nSPS) is 27.8. The first-order chi connectivity index (χ1) is 4.77. The lowest BCUT2D eigenvalue weighted by molar-refractivity contribution is -0.318. The minimum atomic E-state index is -4.18. The van der Waals surface area contributed by atoms with E-state index < -0.39 is 22.3 Å². The van der Waals surface area contributed by atoms with Gasteiger partial charge in [-0.1, -0.05) is 23.2 Å². The minimum Gasteiger partial charge on any atom is -0.246 e. The Labute approximate surface area is 68.5 Å². The molecule has 0 amide bonds. The smallest absolute Gasteiger partial charge is 0.246 e. The van der Waals surface area contributed by atoms with Crippen molar-refractivity contribution in [2.45, 2.75) is 12.2 Å². The third kappa shape index (κ3) is 1.32. The molecule has 11 heavy (non-hydrogen) atoms. The van der Waals surface area contributed by atoms with Gasteiger partial charge in [0, 0.05) is 0 Å². The number of rotatable bonds is 0. The fraction of sp³-hybridized carbons (Fsp3) is 0.500. The molecule has 0 N–H and O–H groups in total. The van der Waals surface area contributed by atoms with Crippen molar-refractivity contribution in [1.29, 1.82) is 0 Å². The average molecular weight is 211 g/mol. The summed E-state index contributed by atoms with van der Waals surface area (Å²) in [5.74, 6) is 0. The van der Waals surface area contributed by atoms with Crippen LogP contribution in [0.1, 0.15) is 0 Å². The van der Waals surface area contributed by atoms with E-state index in [0.29, 0.717) is 0 Å². The summed E-state index contributed by atoms with van der Waals surface area (Å²) in [5.41, 5.74) is 0. The molecule has 0 atom stereocenters. The molecular formula is C4Cl2F4O. The molecule has 0 unspecified atom stereocenters. The van der Waals surface area contributed by atoms with Crippen LogP contribution in [-0.4, -0.2) is 12.2 Å². The molecule has 0 aliphatic carbocycles. The Hall–Kier alpha value is -0.0000000000000000555. The molecule has 1 aliphatic rings. The minimum absolute atomic E-state index is 1.47. The van der Waals surface area contributed by atoms with Gasteiger partial charge in [-0.15, -0.1) is 0 Å². The van der Waals surface area contributed by atoms with Crippen molar-refractivity contribution in [3.05, 3.63) is 10.1 Å². The highest BCUT2D eigenvalue weighted by Crippen LogP contribution is 2.49. The molecule has 1 heterocycles. The van der Waals surface area contributed by atoms with E-state index in [-0.39, 0.29) is 0 Å². The maximum absolute atomic E-state index is 12.1. The molecule has 0 saturated carbocycles. The van der Waals surface area contributed by atoms with Gasteiger partial charge in [-0.25, -0.2) is 4.74 Å². The van der Waals surface area contributed by atoms with Crippen molar-refractivity contribution in [3.8, 4) is 0 Å². The van der Waals surface area contributed by atoms with Crippen LogP contribution >= 0.6 is 23.2 Å². The Morgan fingerprint density at radius 3 is 1.27 bits per heavy atom. The van der Waals surface area contributed by atoms with Crippen molar-refractivity contribution in [2.24, 2.45) is 0 Å². The Morgan fingerprint density at radius 1 is 0.909 bits per heavy atom. The van der Waals surface area contributed by atoms with Crippen LogP contribution in [0.5, 0.6) is 0 Å². The van der Waals surface area contributed by atoms with Crippen molar-refractivity contribution >= 4 is 23.2 Å². The summed E-state index contributed by atoms with van der Waals surface area (Å²) in [6.45, 7) is 0. The van der Waals surface area contributed by atoms with Gasteiger partial charge in [0.1, 0.15) is 10.1 Å². The Bertz CT molecular complexity index is 202. The van der Waals surface area contributed by atoms with Crippen molar-refractivity contribution in [2.75, 3.05) is 0 Å². The number of alkyl halides is 4. The Kier molecular flexibility index (Phi) is 1.85. The molecule has 7 heteroatoms. The number of hydrogen-bond acceptors (Lipinski definition) is 1. The van der Waals surface area contributed by atoms with Gasteiger partial charge in [-0.2, -0.15) is 17.6 Å². The van der Waals surface area contributed by atoms with Crippen LogP contribution in [0.15, 0.2) is 10.1 Å². The molecule has 0 radical (unpaired) electrons. The molecule has 0 saturated heterocycles. The monoisotopic (exact) mass is 210 g/mol. The quantitative estimate of drug-likeness (QED) is 0.559. The van der Waals surface area contributed by atoms with Crippen LogP contribution in [0.25, 0.3) is 0 Å². The second kappa shape index (κ2) is 2.24. The molecule has 0 aromatic heterocycles. The predicted molar refractivity (Wildman–Crippen MR) is 29.7 cm³/mol. The average Bonchev–Trinajstić information content (AvgIpc) is 1.91. The van der Waals surface area contributed by atoms with Gasteiger partial charge in [0.05, 0.1) is 0 Å². The highest BCUT2D eigenvalue weighted by molar-refractivity contribution is 6.40. The largest absolute Gasteiger partial charge is 0.400 e. The predicted octanol–water partition coefficient (Wildman–Crippen LogP) is 2.89. The lowest BCUT2D eigenvalue weighted by Crippen LogP contribution is -2.24. The molecular weight excluding hydrogens is 211 g/mol. The van der Waals surface area contributed by atoms with Crippen molar-refractivity contribution in [1.82, 2.24) is 0 Å². The van der Waals surface area contributed by atoms with Gasteiger partial charge in [0.15, 0.2) is 0 Å². The van der Waals surface area contributed by atoms with E-state index in [9.17, 15) is 17.6 Å². The second-order valence-corrected chi connectivity index (χ2v) is 2.52. The molecule has 0 aromatic rings. The standard InChI is InChI=1S/C4Cl2F4O/c5-1-2(6)4(9,10)11-3(1,7)8. The van der Waals surface area contributed by atoms with Crippen LogP contribution in [0.3, 0.4) is 0 Å². The van der Waals surface area contributed by atoms with Crippen LogP contribution < -0.4 is 0 Å². The summed E-state index contributed by atoms with van der Waals surface area (Å²) < 4.78 is 51.4. The SMILES string of the molecule is FC1(F)OC(F)(F)C(Cl)=C1Cl. The van der Waals surface area contributed by atoms with E-state index >= 15 is 0 Å². The third-order valence-corrected chi connectivity index (χ3v) is 1.87. The summed E-state index contributed by atoms with van der Waals surface area (Å²) in [4.78, 5) is 0. The van der Waals surface area contributed by atoms with E-state index in [2.05, 4.69) is 4.74 Å². The van der Waals surface area contributed by atoms with E-state index in [0.717, 1.165) is 0 Å². The Balaban J connectivity index is 3.09. The molecule has 0 aromatic carbocycles. The third-order valence-electron chi connectivity index (χ3n) is 0.960. The van der Waals surface area contributed by atoms with Crippen LogP contribution in [0, 0.1) is 0 Å². The van der Waals surface area contributed by atoms with Gasteiger partial charge >= 0.3 is 12.2 Å². The highest BCUT2D eigenvalue weighted by atomic mass is 35.5. The zero-order chi connectivity index (χ0) is 8.86. The van der Waals surface area contributed by atoms with E-state index in [1.54, 1.807) is 0 Å². The molecule has 0 bridgehead atoms. The first-order valence-corrected chi connectivity index (χ1v) is 3.05. The van der Waals surface area contributed by atoms with E-state index in [4.69, 9.17) is 23.2 Å². The van der Waals surface area contributed by atoms with Crippen molar-refractivity contribution in [3.63, 3.8) is 0 Å². The van der Waals surface area contributed by atoms with Crippen LogP contribution in [-0.2, 0) is 4.74 Å². The fourth-order valence-electron chi connectivity index (χ4n) is 0.506. The lowest BCUT2D eigenvalue weighted by atomic mass is 10.5. The zero-order valence-electron chi connectivity index (χ0n) is 4.68. The summed E-state index contributed by atoms with van der Waals surface area (Å²) in [5, 5.41) is -2.94. The van der Waals surface area contributed by atoms with E-state index in [1.807, 2.05) is 0 Å². The lowest BCUT2D eigenvalue weighted by Gasteiger charge is -2.11. The molecule has 0 spiro atoms. The summed E-state index contributed by atoms with van der Waals surface area (Å²) in [7, 11) is 0. The van der Waals surface area contributed by atoms with Crippen LogP contribution in [0.4, 0.5) is 17.6 Å². The molecule has 1 aliphatic heterocycles.